The summed E-state index contributed by atoms with van der Waals surface area (Å²) in [5.41, 5.74) is 1.52. The first-order chi connectivity index (χ1) is 10.2. The molecule has 0 bridgehead atoms. The molecule has 0 radical (unpaired) electrons. The van der Waals surface area contributed by atoms with Crippen molar-refractivity contribution < 1.29 is 9.53 Å². The van der Waals surface area contributed by atoms with Gasteiger partial charge >= 0.3 is 5.97 Å². The highest BCUT2D eigenvalue weighted by atomic mass is 16.5. The molecule has 1 aliphatic heterocycles. The number of ether oxygens (including phenoxy) is 1. The smallest absolute Gasteiger partial charge is 0.341 e. The van der Waals surface area contributed by atoms with Crippen molar-refractivity contribution in [3.63, 3.8) is 0 Å². The maximum atomic E-state index is 12.0. The fraction of sp³-hybridized carbons (Fsp3) is 0.733. The quantitative estimate of drug-likeness (QED) is 0.798. The number of aromatic nitrogens is 2. The highest BCUT2D eigenvalue weighted by Crippen LogP contribution is 2.17. The molecule has 2 heterocycles. The summed E-state index contributed by atoms with van der Waals surface area (Å²) < 4.78 is 6.90. The van der Waals surface area contributed by atoms with Gasteiger partial charge in [-0.15, -0.1) is 0 Å². The molecule has 118 valence electrons. The molecule has 1 aromatic rings. The molecule has 6 heteroatoms. The Morgan fingerprint density at radius 2 is 2.38 bits per heavy atom. The van der Waals surface area contributed by atoms with E-state index in [2.05, 4.69) is 22.2 Å². The number of esters is 1. The van der Waals surface area contributed by atoms with Crippen LogP contribution in [0.3, 0.4) is 0 Å². The lowest BCUT2D eigenvalue weighted by atomic mass is 10.1. The fourth-order valence-electron chi connectivity index (χ4n) is 2.87. The predicted octanol–water partition coefficient (Wildman–Crippen LogP) is 1.17. The SMILES string of the molecule is CCOC(=O)c1cnn(C)c1CN(CC)C1CCCNC1. The van der Waals surface area contributed by atoms with Crippen LogP contribution in [0.25, 0.3) is 0 Å². The van der Waals surface area contributed by atoms with E-state index < -0.39 is 0 Å². The van der Waals surface area contributed by atoms with E-state index in [4.69, 9.17) is 4.74 Å². The summed E-state index contributed by atoms with van der Waals surface area (Å²) in [7, 11) is 1.88. The molecule has 1 N–H and O–H groups in total. The molecule has 6 nitrogen and oxygen atoms in total. The first kappa shape index (κ1) is 16.0. The van der Waals surface area contributed by atoms with Crippen LogP contribution in [0, 0.1) is 0 Å². The van der Waals surface area contributed by atoms with Crippen molar-refractivity contribution in [2.45, 2.75) is 39.3 Å². The lowest BCUT2D eigenvalue weighted by Crippen LogP contribution is -2.45. The molecule has 0 aromatic carbocycles. The molecule has 21 heavy (non-hydrogen) atoms. The summed E-state index contributed by atoms with van der Waals surface area (Å²) in [4.78, 5) is 14.4. The molecule has 0 saturated carbocycles. The average Bonchev–Trinajstić information content (AvgIpc) is 2.87. The van der Waals surface area contributed by atoms with E-state index in [1.807, 2.05) is 14.0 Å². The van der Waals surface area contributed by atoms with Gasteiger partial charge in [-0.25, -0.2) is 4.79 Å². The van der Waals surface area contributed by atoms with Gasteiger partial charge in [-0.05, 0) is 32.9 Å². The topological polar surface area (TPSA) is 59.4 Å². The third-order valence-electron chi connectivity index (χ3n) is 4.10. The van der Waals surface area contributed by atoms with Crippen molar-refractivity contribution in [1.29, 1.82) is 0 Å². The standard InChI is InChI=1S/C15H26N4O2/c1-4-19(12-7-6-8-16-9-12)11-14-13(10-17-18(14)3)15(20)21-5-2/h10,12,16H,4-9,11H2,1-3H3. The van der Waals surface area contributed by atoms with Gasteiger partial charge in [-0.3, -0.25) is 9.58 Å². The van der Waals surface area contributed by atoms with E-state index >= 15 is 0 Å². The molecule has 0 spiro atoms. The highest BCUT2D eigenvalue weighted by molar-refractivity contribution is 5.90. The molecule has 2 rings (SSSR count). The van der Waals surface area contributed by atoms with Crippen LogP contribution in [0.1, 0.15) is 42.7 Å². The van der Waals surface area contributed by atoms with E-state index in [0.717, 1.165) is 31.9 Å². The average molecular weight is 294 g/mol. The maximum absolute atomic E-state index is 12.0. The molecule has 1 fully saturated rings. The number of rotatable bonds is 6. The molecular weight excluding hydrogens is 268 g/mol. The van der Waals surface area contributed by atoms with E-state index in [1.54, 1.807) is 10.9 Å². The first-order valence-electron chi connectivity index (χ1n) is 7.80. The second-order valence-corrected chi connectivity index (χ2v) is 5.41. The number of likely N-dealkylation sites (N-methyl/N-ethyl adjacent to an activating group) is 1. The van der Waals surface area contributed by atoms with Crippen LogP contribution in [-0.4, -0.2) is 52.9 Å². The number of nitrogens with zero attached hydrogens (tertiary/aromatic N) is 3. The summed E-state index contributed by atoms with van der Waals surface area (Å²) in [6, 6.07) is 0.522. The Kier molecular flexibility index (Phi) is 5.76. The van der Waals surface area contributed by atoms with Crippen molar-refractivity contribution in [2.24, 2.45) is 7.05 Å². The number of hydrogen-bond acceptors (Lipinski definition) is 5. The highest BCUT2D eigenvalue weighted by Gasteiger charge is 2.24. The minimum atomic E-state index is -0.279. The normalized spacial score (nSPS) is 19.0. The Bertz CT molecular complexity index is 466. The molecule has 0 aliphatic carbocycles. The zero-order chi connectivity index (χ0) is 15.2. The van der Waals surface area contributed by atoms with E-state index in [9.17, 15) is 4.79 Å². The van der Waals surface area contributed by atoms with Crippen molar-refractivity contribution in [2.75, 3.05) is 26.2 Å². The number of carbonyl (C=O) groups excluding carboxylic acids is 1. The van der Waals surface area contributed by atoms with Crippen molar-refractivity contribution in [3.8, 4) is 0 Å². The zero-order valence-electron chi connectivity index (χ0n) is 13.3. The largest absolute Gasteiger partial charge is 0.462 e. The number of piperidine rings is 1. The van der Waals surface area contributed by atoms with Gasteiger partial charge < -0.3 is 10.1 Å². The molecule has 1 aromatic heterocycles. The third kappa shape index (κ3) is 3.83. The molecule has 1 unspecified atom stereocenters. The molecular formula is C15H26N4O2. The van der Waals surface area contributed by atoms with Crippen LogP contribution in [0.5, 0.6) is 0 Å². The predicted molar refractivity (Wildman–Crippen MR) is 81.1 cm³/mol. The Balaban J connectivity index is 2.12. The van der Waals surface area contributed by atoms with E-state index in [0.29, 0.717) is 18.2 Å². The lowest BCUT2D eigenvalue weighted by molar-refractivity contribution is 0.0522. The van der Waals surface area contributed by atoms with Gasteiger partial charge in [0, 0.05) is 26.2 Å². The van der Waals surface area contributed by atoms with E-state index in [-0.39, 0.29) is 5.97 Å². The summed E-state index contributed by atoms with van der Waals surface area (Å²) in [6.45, 7) is 8.17. The van der Waals surface area contributed by atoms with Crippen LogP contribution in [0.15, 0.2) is 6.20 Å². The Morgan fingerprint density at radius 3 is 3.00 bits per heavy atom. The summed E-state index contributed by atoms with van der Waals surface area (Å²) in [5, 5.41) is 7.67. The minimum absolute atomic E-state index is 0.279. The van der Waals surface area contributed by atoms with Crippen LogP contribution in [0.2, 0.25) is 0 Å². The Labute approximate surface area is 126 Å². The maximum Gasteiger partial charge on any atom is 0.341 e. The second kappa shape index (κ2) is 7.56. The minimum Gasteiger partial charge on any atom is -0.462 e. The van der Waals surface area contributed by atoms with E-state index in [1.165, 1.54) is 12.8 Å². The van der Waals surface area contributed by atoms with Gasteiger partial charge in [-0.2, -0.15) is 5.10 Å². The summed E-state index contributed by atoms with van der Waals surface area (Å²) >= 11 is 0. The lowest BCUT2D eigenvalue weighted by Gasteiger charge is -2.34. The summed E-state index contributed by atoms with van der Waals surface area (Å²) in [6.07, 6.45) is 4.02. The third-order valence-corrected chi connectivity index (χ3v) is 4.10. The summed E-state index contributed by atoms with van der Waals surface area (Å²) in [5.74, 6) is -0.279. The zero-order valence-corrected chi connectivity index (χ0v) is 13.3. The monoisotopic (exact) mass is 294 g/mol. The van der Waals surface area contributed by atoms with Gasteiger partial charge in [0.05, 0.1) is 18.5 Å². The van der Waals surface area contributed by atoms with Gasteiger partial charge in [0.15, 0.2) is 0 Å². The first-order valence-corrected chi connectivity index (χ1v) is 7.80. The fourth-order valence-corrected chi connectivity index (χ4v) is 2.87. The van der Waals surface area contributed by atoms with Crippen LogP contribution >= 0.6 is 0 Å². The number of nitrogens with one attached hydrogen (secondary N) is 1. The Hall–Kier alpha value is -1.40. The second-order valence-electron chi connectivity index (χ2n) is 5.41. The van der Waals surface area contributed by atoms with Crippen molar-refractivity contribution >= 4 is 5.97 Å². The van der Waals surface area contributed by atoms with Crippen LogP contribution < -0.4 is 5.32 Å². The molecule has 1 saturated heterocycles. The van der Waals surface area contributed by atoms with Gasteiger partial charge in [0.1, 0.15) is 5.56 Å². The van der Waals surface area contributed by atoms with Gasteiger partial charge in [0.2, 0.25) is 0 Å². The van der Waals surface area contributed by atoms with Gasteiger partial charge in [-0.1, -0.05) is 6.92 Å². The molecule has 0 amide bonds. The van der Waals surface area contributed by atoms with Crippen LogP contribution in [-0.2, 0) is 18.3 Å². The van der Waals surface area contributed by atoms with Crippen molar-refractivity contribution in [1.82, 2.24) is 20.0 Å². The van der Waals surface area contributed by atoms with Crippen LogP contribution in [0.4, 0.5) is 0 Å². The number of aryl methyl sites for hydroxylation is 1. The number of hydrogen-bond donors (Lipinski definition) is 1. The Morgan fingerprint density at radius 1 is 1.57 bits per heavy atom. The molecule has 1 atom stereocenters. The van der Waals surface area contributed by atoms with Gasteiger partial charge in [0.25, 0.3) is 0 Å². The number of carbonyl (C=O) groups is 1. The van der Waals surface area contributed by atoms with Crippen molar-refractivity contribution in [3.05, 3.63) is 17.5 Å². The molecule has 1 aliphatic rings.